The molecule has 0 spiro atoms. The van der Waals surface area contributed by atoms with Crippen molar-refractivity contribution in [2.45, 2.75) is 32.8 Å². The second-order valence-corrected chi connectivity index (χ2v) is 3.36. The van der Waals surface area contributed by atoms with Crippen LogP contribution in [0.15, 0.2) is 6.07 Å². The molecule has 0 radical (unpaired) electrons. The summed E-state index contributed by atoms with van der Waals surface area (Å²) in [5.41, 5.74) is 5.21. The highest BCUT2D eigenvalue weighted by molar-refractivity contribution is 5.34. The summed E-state index contributed by atoms with van der Waals surface area (Å²) >= 11 is 0. The van der Waals surface area contributed by atoms with Gasteiger partial charge in [-0.1, -0.05) is 13.3 Å². The molecule has 0 saturated carbocycles. The fraction of sp³-hybridized carbons (Fsp3) is 0.500. The lowest BCUT2D eigenvalue weighted by Crippen LogP contribution is -2.14. The average molecular weight is 216 g/mol. The van der Waals surface area contributed by atoms with Crippen LogP contribution in [-0.4, -0.2) is 11.1 Å². The van der Waals surface area contributed by atoms with Gasteiger partial charge in [0.1, 0.15) is 0 Å². The maximum Gasteiger partial charge on any atom is 0.252 e. The Kier molecular flexibility index (Phi) is 3.82. The first-order valence-corrected chi connectivity index (χ1v) is 4.82. The van der Waals surface area contributed by atoms with Crippen LogP contribution in [0.3, 0.4) is 0 Å². The summed E-state index contributed by atoms with van der Waals surface area (Å²) in [4.78, 5) is 3.50. The third kappa shape index (κ3) is 3.04. The van der Waals surface area contributed by atoms with Crippen molar-refractivity contribution in [2.24, 2.45) is 0 Å². The van der Waals surface area contributed by atoms with E-state index in [4.69, 9.17) is 10.5 Å². The van der Waals surface area contributed by atoms with Gasteiger partial charge in [-0.2, -0.15) is 4.98 Å². The van der Waals surface area contributed by atoms with E-state index < -0.39 is 11.6 Å². The predicted octanol–water partition coefficient (Wildman–Crippen LogP) is 2.51. The zero-order valence-electron chi connectivity index (χ0n) is 8.76. The standard InChI is InChI=1S/C10H14F2N2O/c1-3-4-6(2)15-10-8(12)5-7(11)9(13)14-10/h5-6H,3-4H2,1-2H3,(H2,13,14). The van der Waals surface area contributed by atoms with Crippen LogP contribution in [0.4, 0.5) is 14.6 Å². The highest BCUT2D eigenvalue weighted by atomic mass is 19.1. The van der Waals surface area contributed by atoms with Crippen molar-refractivity contribution >= 4 is 5.82 Å². The predicted molar refractivity (Wildman–Crippen MR) is 53.6 cm³/mol. The van der Waals surface area contributed by atoms with Crippen LogP contribution in [0.2, 0.25) is 0 Å². The molecule has 1 aromatic heterocycles. The Bertz CT molecular complexity index is 344. The molecule has 0 aliphatic heterocycles. The van der Waals surface area contributed by atoms with E-state index in [2.05, 4.69) is 4.98 Å². The molecular formula is C10H14F2N2O. The maximum atomic E-state index is 13.1. The summed E-state index contributed by atoms with van der Waals surface area (Å²) < 4.78 is 31.1. The van der Waals surface area contributed by atoms with Crippen LogP contribution < -0.4 is 10.5 Å². The first kappa shape index (κ1) is 11.7. The molecule has 0 fully saturated rings. The second-order valence-electron chi connectivity index (χ2n) is 3.36. The zero-order valence-corrected chi connectivity index (χ0v) is 8.76. The number of nitrogen functional groups attached to an aromatic ring is 1. The van der Waals surface area contributed by atoms with Gasteiger partial charge in [-0.3, -0.25) is 0 Å². The Morgan fingerprint density at radius 1 is 1.47 bits per heavy atom. The van der Waals surface area contributed by atoms with Gasteiger partial charge < -0.3 is 10.5 Å². The van der Waals surface area contributed by atoms with Crippen molar-refractivity contribution in [1.82, 2.24) is 4.98 Å². The number of pyridine rings is 1. The maximum absolute atomic E-state index is 13.1. The molecular weight excluding hydrogens is 202 g/mol. The smallest absolute Gasteiger partial charge is 0.252 e. The van der Waals surface area contributed by atoms with Gasteiger partial charge in [0, 0.05) is 6.07 Å². The summed E-state index contributed by atoms with van der Waals surface area (Å²) in [7, 11) is 0. The molecule has 0 aromatic carbocycles. The molecule has 5 heteroatoms. The Balaban J connectivity index is 2.81. The molecule has 0 bridgehead atoms. The summed E-state index contributed by atoms with van der Waals surface area (Å²) in [6.45, 7) is 3.78. The van der Waals surface area contributed by atoms with Gasteiger partial charge in [-0.05, 0) is 13.3 Å². The number of rotatable bonds is 4. The van der Waals surface area contributed by atoms with E-state index in [1.165, 1.54) is 0 Å². The van der Waals surface area contributed by atoms with Crippen LogP contribution in [-0.2, 0) is 0 Å². The van der Waals surface area contributed by atoms with E-state index in [0.29, 0.717) is 6.07 Å². The third-order valence-electron chi connectivity index (χ3n) is 1.93. The minimum absolute atomic E-state index is 0.165. The number of halogens is 2. The van der Waals surface area contributed by atoms with Crippen LogP contribution in [0.5, 0.6) is 5.88 Å². The lowest BCUT2D eigenvalue weighted by Gasteiger charge is -2.13. The van der Waals surface area contributed by atoms with Gasteiger partial charge in [0.05, 0.1) is 6.10 Å². The van der Waals surface area contributed by atoms with E-state index >= 15 is 0 Å². The molecule has 84 valence electrons. The van der Waals surface area contributed by atoms with Crippen molar-refractivity contribution in [3.05, 3.63) is 17.7 Å². The highest BCUT2D eigenvalue weighted by Crippen LogP contribution is 2.20. The van der Waals surface area contributed by atoms with E-state index in [1.54, 1.807) is 6.92 Å². The van der Waals surface area contributed by atoms with E-state index in [1.807, 2.05) is 6.92 Å². The Hall–Kier alpha value is -1.39. The fourth-order valence-corrected chi connectivity index (χ4v) is 1.20. The molecule has 3 nitrogen and oxygen atoms in total. The van der Waals surface area contributed by atoms with Crippen molar-refractivity contribution in [3.8, 4) is 5.88 Å². The molecule has 0 saturated heterocycles. The number of hydrogen-bond acceptors (Lipinski definition) is 3. The molecule has 1 unspecified atom stereocenters. The van der Waals surface area contributed by atoms with Crippen LogP contribution >= 0.6 is 0 Å². The fourth-order valence-electron chi connectivity index (χ4n) is 1.20. The van der Waals surface area contributed by atoms with Crippen molar-refractivity contribution in [2.75, 3.05) is 5.73 Å². The van der Waals surface area contributed by atoms with Crippen LogP contribution in [0, 0.1) is 11.6 Å². The van der Waals surface area contributed by atoms with Crippen molar-refractivity contribution in [1.29, 1.82) is 0 Å². The summed E-state index contributed by atoms with van der Waals surface area (Å²) in [6.07, 6.45) is 1.53. The Morgan fingerprint density at radius 3 is 2.73 bits per heavy atom. The number of aromatic nitrogens is 1. The molecule has 1 heterocycles. The Labute approximate surface area is 87.3 Å². The van der Waals surface area contributed by atoms with Gasteiger partial charge in [0.2, 0.25) is 0 Å². The second kappa shape index (κ2) is 4.91. The molecule has 0 aliphatic carbocycles. The number of anilines is 1. The SMILES string of the molecule is CCCC(C)Oc1nc(N)c(F)cc1F. The van der Waals surface area contributed by atoms with Gasteiger partial charge in [0.15, 0.2) is 17.5 Å². The first-order valence-electron chi connectivity index (χ1n) is 4.82. The number of nitrogens with zero attached hydrogens (tertiary/aromatic N) is 1. The van der Waals surface area contributed by atoms with Gasteiger partial charge in [-0.25, -0.2) is 8.78 Å². The number of ether oxygens (including phenoxy) is 1. The molecule has 0 amide bonds. The summed E-state index contributed by atoms with van der Waals surface area (Å²) in [5, 5.41) is 0. The van der Waals surface area contributed by atoms with Crippen LogP contribution in [0.1, 0.15) is 26.7 Å². The van der Waals surface area contributed by atoms with Crippen molar-refractivity contribution < 1.29 is 13.5 Å². The molecule has 2 N–H and O–H groups in total. The quantitative estimate of drug-likeness (QED) is 0.841. The van der Waals surface area contributed by atoms with E-state index in [9.17, 15) is 8.78 Å². The highest BCUT2D eigenvalue weighted by Gasteiger charge is 2.13. The number of nitrogens with two attached hydrogens (primary N) is 1. The summed E-state index contributed by atoms with van der Waals surface area (Å²) in [5.74, 6) is -2.29. The van der Waals surface area contributed by atoms with Gasteiger partial charge >= 0.3 is 0 Å². The minimum atomic E-state index is -0.872. The molecule has 1 atom stereocenters. The Morgan fingerprint density at radius 2 is 2.13 bits per heavy atom. The molecule has 15 heavy (non-hydrogen) atoms. The third-order valence-corrected chi connectivity index (χ3v) is 1.93. The summed E-state index contributed by atoms with van der Waals surface area (Å²) in [6, 6.07) is 0.677. The average Bonchev–Trinajstić information content (AvgIpc) is 2.14. The van der Waals surface area contributed by atoms with Crippen molar-refractivity contribution in [3.63, 3.8) is 0 Å². The van der Waals surface area contributed by atoms with E-state index in [0.717, 1.165) is 12.8 Å². The largest absolute Gasteiger partial charge is 0.473 e. The van der Waals surface area contributed by atoms with Gasteiger partial charge in [-0.15, -0.1) is 0 Å². The van der Waals surface area contributed by atoms with Crippen LogP contribution in [0.25, 0.3) is 0 Å². The first-order chi connectivity index (χ1) is 7.04. The number of hydrogen-bond donors (Lipinski definition) is 1. The molecule has 0 aliphatic rings. The minimum Gasteiger partial charge on any atom is -0.473 e. The molecule has 1 rings (SSSR count). The topological polar surface area (TPSA) is 48.1 Å². The lowest BCUT2D eigenvalue weighted by molar-refractivity contribution is 0.191. The zero-order chi connectivity index (χ0) is 11.4. The van der Waals surface area contributed by atoms with E-state index in [-0.39, 0.29) is 17.8 Å². The lowest BCUT2D eigenvalue weighted by atomic mass is 10.2. The van der Waals surface area contributed by atoms with Gasteiger partial charge in [0.25, 0.3) is 5.88 Å². The monoisotopic (exact) mass is 216 g/mol. The molecule has 1 aromatic rings. The normalized spacial score (nSPS) is 12.5.